The van der Waals surface area contributed by atoms with Crippen LogP contribution in [-0.4, -0.2) is 20.1 Å². The Morgan fingerprint density at radius 1 is 1.43 bits per heavy atom. The summed E-state index contributed by atoms with van der Waals surface area (Å²) < 4.78 is 33.2. The molecule has 8 heteroatoms. The average molecular weight is 392 g/mol. The van der Waals surface area contributed by atoms with E-state index in [1.807, 2.05) is 0 Å². The normalized spacial score (nSPS) is 22.2. The van der Waals surface area contributed by atoms with Crippen molar-refractivity contribution in [2.75, 3.05) is 6.54 Å². The fraction of sp³-hybridized carbons (Fsp3) is 0.385. The van der Waals surface area contributed by atoms with Crippen molar-refractivity contribution >= 4 is 37.3 Å². The molecule has 0 bridgehead atoms. The number of furan rings is 1. The van der Waals surface area contributed by atoms with Crippen molar-refractivity contribution in [3.63, 3.8) is 0 Å². The van der Waals surface area contributed by atoms with Gasteiger partial charge in [0.15, 0.2) is 0 Å². The van der Waals surface area contributed by atoms with Crippen molar-refractivity contribution in [2.45, 2.75) is 29.1 Å². The quantitative estimate of drug-likeness (QED) is 0.839. The number of rotatable bonds is 4. The monoisotopic (exact) mass is 391 g/mol. The van der Waals surface area contributed by atoms with Crippen LogP contribution in [0.2, 0.25) is 0 Å². The topological polar surface area (TPSA) is 79.5 Å². The molecule has 0 saturated heterocycles. The Morgan fingerprint density at radius 3 is 2.95 bits per heavy atom. The van der Waals surface area contributed by atoms with Gasteiger partial charge in [-0.1, -0.05) is 0 Å². The Bertz CT molecular complexity index is 752. The number of nitrogens with one attached hydrogen (secondary N) is 1. The summed E-state index contributed by atoms with van der Waals surface area (Å²) in [4.78, 5) is 0. The summed E-state index contributed by atoms with van der Waals surface area (Å²) in [5.74, 6) is 0.738. The Morgan fingerprint density at radius 2 is 2.24 bits per heavy atom. The minimum atomic E-state index is -3.61. The summed E-state index contributed by atoms with van der Waals surface area (Å²) in [6, 6.07) is 4.93. The van der Waals surface area contributed by atoms with E-state index in [2.05, 4.69) is 20.7 Å². The van der Waals surface area contributed by atoms with Gasteiger partial charge in [-0.3, -0.25) is 0 Å². The van der Waals surface area contributed by atoms with Gasteiger partial charge in [0, 0.05) is 18.5 Å². The molecule has 1 aliphatic carbocycles. The summed E-state index contributed by atoms with van der Waals surface area (Å²) >= 11 is 4.38. The minimum Gasteiger partial charge on any atom is -0.469 e. The van der Waals surface area contributed by atoms with Crippen LogP contribution >= 0.6 is 27.3 Å². The maximum atomic E-state index is 12.2. The fourth-order valence-electron chi connectivity index (χ4n) is 2.54. The van der Waals surface area contributed by atoms with Crippen LogP contribution in [0.25, 0.3) is 0 Å². The lowest BCUT2D eigenvalue weighted by Gasteiger charge is -2.31. The van der Waals surface area contributed by atoms with Gasteiger partial charge in [0.1, 0.15) is 15.6 Å². The van der Waals surface area contributed by atoms with Crippen LogP contribution in [0.15, 0.2) is 36.9 Å². The highest BCUT2D eigenvalue weighted by Gasteiger charge is 2.37. The second-order valence-corrected chi connectivity index (χ2v) is 9.48. The number of aliphatic hydroxyl groups is 1. The highest BCUT2D eigenvalue weighted by atomic mass is 79.9. The lowest BCUT2D eigenvalue weighted by atomic mass is 9.83. The molecule has 3 rings (SSSR count). The van der Waals surface area contributed by atoms with Crippen LogP contribution in [0, 0.1) is 0 Å². The first-order valence-electron chi connectivity index (χ1n) is 6.45. The predicted octanol–water partition coefficient (Wildman–Crippen LogP) is 2.61. The van der Waals surface area contributed by atoms with E-state index in [4.69, 9.17) is 4.42 Å². The van der Waals surface area contributed by atoms with E-state index in [0.29, 0.717) is 12.0 Å². The molecule has 114 valence electrons. The number of hydrogen-bond donors (Lipinski definition) is 2. The van der Waals surface area contributed by atoms with Gasteiger partial charge in [-0.2, -0.15) is 0 Å². The van der Waals surface area contributed by atoms with Crippen molar-refractivity contribution in [3.05, 3.63) is 39.6 Å². The van der Waals surface area contributed by atoms with Crippen LogP contribution in [0.5, 0.6) is 0 Å². The SMILES string of the molecule is O=S(=O)(NCC1(O)CCCc2occc21)c1ccc(Br)s1. The van der Waals surface area contributed by atoms with Crippen molar-refractivity contribution < 1.29 is 17.9 Å². The van der Waals surface area contributed by atoms with Crippen molar-refractivity contribution in [2.24, 2.45) is 0 Å². The van der Waals surface area contributed by atoms with Gasteiger partial charge < -0.3 is 9.52 Å². The van der Waals surface area contributed by atoms with Crippen LogP contribution < -0.4 is 4.72 Å². The molecule has 1 unspecified atom stereocenters. The van der Waals surface area contributed by atoms with E-state index in [1.165, 1.54) is 12.3 Å². The molecule has 0 saturated carbocycles. The van der Waals surface area contributed by atoms with Crippen molar-refractivity contribution in [1.29, 1.82) is 0 Å². The number of hydrogen-bond acceptors (Lipinski definition) is 5. The molecule has 2 aromatic rings. The van der Waals surface area contributed by atoms with E-state index < -0.39 is 15.6 Å². The van der Waals surface area contributed by atoms with Gasteiger partial charge in [0.05, 0.1) is 10.0 Å². The molecule has 0 aliphatic heterocycles. The number of thiophene rings is 1. The maximum Gasteiger partial charge on any atom is 0.250 e. The highest BCUT2D eigenvalue weighted by molar-refractivity contribution is 9.11. The molecule has 1 atom stereocenters. The molecule has 0 spiro atoms. The zero-order valence-corrected chi connectivity index (χ0v) is 14.2. The van der Waals surface area contributed by atoms with Crippen molar-refractivity contribution in [1.82, 2.24) is 4.72 Å². The molecular formula is C13H14BrNO4S2. The first-order valence-corrected chi connectivity index (χ1v) is 9.54. The van der Waals surface area contributed by atoms with E-state index in [-0.39, 0.29) is 10.8 Å². The first-order chi connectivity index (χ1) is 9.91. The Kier molecular flexibility index (Phi) is 4.00. The van der Waals surface area contributed by atoms with Gasteiger partial charge in [-0.15, -0.1) is 11.3 Å². The number of sulfonamides is 1. The third kappa shape index (κ3) is 2.95. The van der Waals surface area contributed by atoms with Gasteiger partial charge in [-0.05, 0) is 47.0 Å². The summed E-state index contributed by atoms with van der Waals surface area (Å²) in [5.41, 5.74) is -0.522. The molecule has 2 aromatic heterocycles. The second-order valence-electron chi connectivity index (χ2n) is 5.03. The summed E-state index contributed by atoms with van der Waals surface area (Å²) in [6.07, 6.45) is 3.58. The standard InChI is InChI=1S/C13H14BrNO4S2/c14-11-3-4-12(20-11)21(17,18)15-8-13(16)6-1-2-10-9(13)5-7-19-10/h3-5,7,15-16H,1-2,6,8H2. The zero-order valence-electron chi connectivity index (χ0n) is 11.0. The van der Waals surface area contributed by atoms with E-state index in [9.17, 15) is 13.5 Å². The Hall–Kier alpha value is -0.670. The molecule has 0 aromatic carbocycles. The molecule has 0 amide bonds. The number of aryl methyl sites for hydroxylation is 1. The maximum absolute atomic E-state index is 12.2. The Balaban J connectivity index is 1.79. The Labute approximate surface area is 135 Å². The predicted molar refractivity (Wildman–Crippen MR) is 82.8 cm³/mol. The van der Waals surface area contributed by atoms with Gasteiger partial charge in [0.2, 0.25) is 10.0 Å². The summed E-state index contributed by atoms with van der Waals surface area (Å²) in [6.45, 7) is -0.0581. The van der Waals surface area contributed by atoms with Gasteiger partial charge in [-0.25, -0.2) is 13.1 Å². The third-order valence-corrected chi connectivity index (χ3v) is 7.13. The van der Waals surface area contributed by atoms with Crippen molar-refractivity contribution in [3.8, 4) is 0 Å². The zero-order chi connectivity index (χ0) is 15.1. The molecule has 2 N–H and O–H groups in total. The number of halogens is 1. The van der Waals surface area contributed by atoms with E-state index >= 15 is 0 Å². The highest BCUT2D eigenvalue weighted by Crippen LogP contribution is 2.36. The molecule has 0 fully saturated rings. The van der Waals surface area contributed by atoms with Gasteiger partial charge in [0.25, 0.3) is 0 Å². The molecule has 1 aliphatic rings. The summed E-state index contributed by atoms with van der Waals surface area (Å²) in [7, 11) is -3.61. The van der Waals surface area contributed by atoms with Crippen LogP contribution in [0.1, 0.15) is 24.2 Å². The average Bonchev–Trinajstić information content (AvgIpc) is 3.06. The summed E-state index contributed by atoms with van der Waals surface area (Å²) in [5, 5.41) is 10.7. The molecule has 21 heavy (non-hydrogen) atoms. The van der Waals surface area contributed by atoms with Gasteiger partial charge >= 0.3 is 0 Å². The lowest BCUT2D eigenvalue weighted by Crippen LogP contribution is -2.42. The molecule has 5 nitrogen and oxygen atoms in total. The largest absolute Gasteiger partial charge is 0.469 e. The van der Waals surface area contributed by atoms with Crippen LogP contribution in [0.3, 0.4) is 0 Å². The van der Waals surface area contributed by atoms with E-state index in [0.717, 1.165) is 33.7 Å². The lowest BCUT2D eigenvalue weighted by molar-refractivity contribution is 0.0221. The van der Waals surface area contributed by atoms with Crippen LogP contribution in [0.4, 0.5) is 0 Å². The van der Waals surface area contributed by atoms with Crippen LogP contribution in [-0.2, 0) is 22.0 Å². The molecular weight excluding hydrogens is 378 g/mol. The fourth-order valence-corrected chi connectivity index (χ4v) is 5.68. The minimum absolute atomic E-state index is 0.0581. The van der Waals surface area contributed by atoms with E-state index in [1.54, 1.807) is 12.1 Å². The second kappa shape index (κ2) is 5.51. The molecule has 0 radical (unpaired) electrons. The molecule has 2 heterocycles. The third-order valence-electron chi connectivity index (χ3n) is 3.61. The number of fused-ring (bicyclic) bond motifs is 1. The first kappa shape index (κ1) is 15.2. The smallest absolute Gasteiger partial charge is 0.250 e.